The number of sulfonamides is 1. The van der Waals surface area contributed by atoms with Crippen LogP contribution in [0.1, 0.15) is 27.2 Å². The first-order valence-electron chi connectivity index (χ1n) is 9.19. The lowest BCUT2D eigenvalue weighted by Crippen LogP contribution is -2.37. The minimum Gasteiger partial charge on any atom is -0.351 e. The van der Waals surface area contributed by atoms with E-state index < -0.39 is 10.0 Å². The van der Waals surface area contributed by atoms with Crippen LogP contribution in [0.5, 0.6) is 0 Å². The second-order valence-electron chi connectivity index (χ2n) is 6.94. The summed E-state index contributed by atoms with van der Waals surface area (Å²) in [4.78, 5) is 16.3. The van der Waals surface area contributed by atoms with Gasteiger partial charge < -0.3 is 5.32 Å². The number of carbonyl (C=O) groups is 1. The molecule has 2 aromatic rings. The molecule has 0 aliphatic carbocycles. The number of thiophene rings is 1. The maximum Gasteiger partial charge on any atom is 0.251 e. The van der Waals surface area contributed by atoms with E-state index in [0.717, 1.165) is 26.1 Å². The fraction of sp³-hybridized carbons (Fsp3) is 0.421. The molecule has 1 saturated heterocycles. The van der Waals surface area contributed by atoms with Crippen molar-refractivity contribution >= 4 is 33.0 Å². The van der Waals surface area contributed by atoms with Gasteiger partial charge in [0.15, 0.2) is 0 Å². The van der Waals surface area contributed by atoms with Crippen molar-refractivity contribution in [1.82, 2.24) is 10.2 Å². The molecule has 8 heteroatoms. The van der Waals surface area contributed by atoms with Gasteiger partial charge >= 0.3 is 0 Å². The molecule has 4 rings (SSSR count). The number of fused-ring (bicyclic) bond motifs is 1. The van der Waals surface area contributed by atoms with E-state index >= 15 is 0 Å². The Labute approximate surface area is 163 Å². The van der Waals surface area contributed by atoms with Gasteiger partial charge in [-0.25, -0.2) is 8.42 Å². The Kier molecular flexibility index (Phi) is 5.21. The summed E-state index contributed by atoms with van der Waals surface area (Å²) in [5, 5.41) is 5.10. The highest BCUT2D eigenvalue weighted by Crippen LogP contribution is 2.25. The third-order valence-corrected chi connectivity index (χ3v) is 7.99. The second-order valence-corrected chi connectivity index (χ2v) is 9.96. The molecule has 1 amide bonds. The van der Waals surface area contributed by atoms with E-state index in [1.165, 1.54) is 14.7 Å². The van der Waals surface area contributed by atoms with Gasteiger partial charge in [0, 0.05) is 43.2 Å². The Hall–Kier alpha value is -1.90. The van der Waals surface area contributed by atoms with Crippen molar-refractivity contribution in [2.45, 2.75) is 19.4 Å². The predicted octanol–water partition coefficient (Wildman–Crippen LogP) is 2.08. The molecule has 3 heterocycles. The molecular formula is C19H23N3O3S2. The van der Waals surface area contributed by atoms with Crippen LogP contribution in [0, 0.1) is 0 Å². The molecule has 2 aliphatic heterocycles. The number of nitrogens with zero attached hydrogens (tertiary/aromatic N) is 2. The standard InChI is InChI=1S/C19H23N3O3S2/c23-19(20-7-10-21-9-5-18-16(14-21)6-11-26-18)15-3-1-4-17(13-15)22-8-2-12-27(22,24)25/h1,3-4,6,11,13H,2,5,7-10,12,14H2,(H,20,23). The molecule has 2 aliphatic rings. The van der Waals surface area contributed by atoms with Crippen molar-refractivity contribution in [3.63, 3.8) is 0 Å². The smallest absolute Gasteiger partial charge is 0.251 e. The summed E-state index contributed by atoms with van der Waals surface area (Å²) in [5.74, 6) is 0.00661. The molecule has 0 atom stereocenters. The molecule has 27 heavy (non-hydrogen) atoms. The van der Waals surface area contributed by atoms with Gasteiger partial charge in [0.25, 0.3) is 5.91 Å². The van der Waals surface area contributed by atoms with Crippen LogP contribution in [-0.2, 0) is 23.0 Å². The normalized spacial score (nSPS) is 19.0. The van der Waals surface area contributed by atoms with E-state index in [0.29, 0.717) is 30.8 Å². The topological polar surface area (TPSA) is 69.7 Å². The number of anilines is 1. The quantitative estimate of drug-likeness (QED) is 0.827. The van der Waals surface area contributed by atoms with E-state index in [9.17, 15) is 13.2 Å². The fourth-order valence-corrected chi connectivity index (χ4v) is 6.11. The van der Waals surface area contributed by atoms with Crippen molar-refractivity contribution in [3.05, 3.63) is 51.7 Å². The zero-order chi connectivity index (χ0) is 18.9. The van der Waals surface area contributed by atoms with Gasteiger partial charge in [-0.1, -0.05) is 6.07 Å². The molecule has 0 unspecified atom stereocenters. The molecule has 144 valence electrons. The number of carbonyl (C=O) groups excluding carboxylic acids is 1. The van der Waals surface area contributed by atoms with Crippen LogP contribution < -0.4 is 9.62 Å². The Morgan fingerprint density at radius 2 is 2.11 bits per heavy atom. The van der Waals surface area contributed by atoms with Crippen LogP contribution in [0.3, 0.4) is 0 Å². The fourth-order valence-electron chi connectivity index (χ4n) is 3.66. The average molecular weight is 406 g/mol. The summed E-state index contributed by atoms with van der Waals surface area (Å²) in [6.07, 6.45) is 1.70. The summed E-state index contributed by atoms with van der Waals surface area (Å²) >= 11 is 1.82. The third kappa shape index (κ3) is 4.02. The van der Waals surface area contributed by atoms with Crippen LogP contribution in [0.4, 0.5) is 5.69 Å². The maximum absolute atomic E-state index is 12.5. The molecule has 6 nitrogen and oxygen atoms in total. The van der Waals surface area contributed by atoms with E-state index in [4.69, 9.17) is 0 Å². The molecule has 0 radical (unpaired) electrons. The first kappa shape index (κ1) is 18.5. The molecule has 1 fully saturated rings. The summed E-state index contributed by atoms with van der Waals surface area (Å²) in [6, 6.07) is 9.05. The van der Waals surface area contributed by atoms with Gasteiger partial charge in [-0.2, -0.15) is 0 Å². The van der Waals surface area contributed by atoms with Crippen LogP contribution in [0.15, 0.2) is 35.7 Å². The highest BCUT2D eigenvalue weighted by molar-refractivity contribution is 7.93. The Morgan fingerprint density at radius 3 is 2.93 bits per heavy atom. The predicted molar refractivity (Wildman–Crippen MR) is 108 cm³/mol. The molecule has 0 spiro atoms. The van der Waals surface area contributed by atoms with Crippen molar-refractivity contribution in [2.75, 3.05) is 36.2 Å². The molecule has 0 bridgehead atoms. The van der Waals surface area contributed by atoms with Crippen LogP contribution in [0.25, 0.3) is 0 Å². The number of benzene rings is 1. The monoisotopic (exact) mass is 405 g/mol. The van der Waals surface area contributed by atoms with Gasteiger partial charge in [-0.05, 0) is 48.1 Å². The Bertz CT molecular complexity index is 939. The molecule has 1 aromatic carbocycles. The zero-order valence-electron chi connectivity index (χ0n) is 15.1. The van der Waals surface area contributed by atoms with E-state index in [1.54, 1.807) is 24.3 Å². The van der Waals surface area contributed by atoms with Gasteiger partial charge in [0.2, 0.25) is 10.0 Å². The average Bonchev–Trinajstić information content (AvgIpc) is 3.26. The van der Waals surface area contributed by atoms with Crippen molar-refractivity contribution in [2.24, 2.45) is 0 Å². The van der Waals surface area contributed by atoms with Gasteiger partial charge in [-0.15, -0.1) is 11.3 Å². The molecule has 0 saturated carbocycles. The summed E-state index contributed by atoms with van der Waals surface area (Å²) < 4.78 is 25.6. The Balaban J connectivity index is 1.33. The summed E-state index contributed by atoms with van der Waals surface area (Å²) in [7, 11) is -3.24. The summed E-state index contributed by atoms with van der Waals surface area (Å²) in [6.45, 7) is 3.82. The lowest BCUT2D eigenvalue weighted by atomic mass is 10.1. The Morgan fingerprint density at radius 1 is 1.22 bits per heavy atom. The zero-order valence-corrected chi connectivity index (χ0v) is 16.7. The van der Waals surface area contributed by atoms with Gasteiger partial charge in [-0.3, -0.25) is 14.0 Å². The number of amides is 1. The van der Waals surface area contributed by atoms with E-state index in [-0.39, 0.29) is 11.7 Å². The van der Waals surface area contributed by atoms with Crippen molar-refractivity contribution in [1.29, 1.82) is 0 Å². The SMILES string of the molecule is O=C(NCCN1CCc2sccc2C1)c1cccc(N2CCCS2(=O)=O)c1. The second kappa shape index (κ2) is 7.61. The summed E-state index contributed by atoms with van der Waals surface area (Å²) in [5.41, 5.74) is 2.46. The number of hydrogen-bond donors (Lipinski definition) is 1. The largest absolute Gasteiger partial charge is 0.351 e. The molecule has 1 N–H and O–H groups in total. The molecule has 1 aromatic heterocycles. The van der Waals surface area contributed by atoms with Crippen LogP contribution in [0.2, 0.25) is 0 Å². The minimum atomic E-state index is -3.24. The maximum atomic E-state index is 12.5. The number of hydrogen-bond acceptors (Lipinski definition) is 5. The molecular weight excluding hydrogens is 382 g/mol. The highest BCUT2D eigenvalue weighted by Gasteiger charge is 2.28. The first-order valence-corrected chi connectivity index (χ1v) is 11.7. The van der Waals surface area contributed by atoms with E-state index in [1.807, 2.05) is 11.3 Å². The van der Waals surface area contributed by atoms with Crippen molar-refractivity contribution in [3.8, 4) is 0 Å². The highest BCUT2D eigenvalue weighted by atomic mass is 32.2. The number of nitrogens with one attached hydrogen (secondary N) is 1. The van der Waals surface area contributed by atoms with Gasteiger partial charge in [0.05, 0.1) is 11.4 Å². The first-order chi connectivity index (χ1) is 13.0. The number of rotatable bonds is 5. The third-order valence-electron chi connectivity index (χ3n) is 5.10. The lowest BCUT2D eigenvalue weighted by molar-refractivity contribution is 0.0947. The van der Waals surface area contributed by atoms with Crippen LogP contribution in [-0.4, -0.2) is 51.2 Å². The van der Waals surface area contributed by atoms with Gasteiger partial charge in [0.1, 0.15) is 0 Å². The van der Waals surface area contributed by atoms with Crippen molar-refractivity contribution < 1.29 is 13.2 Å². The van der Waals surface area contributed by atoms with E-state index in [2.05, 4.69) is 21.7 Å². The van der Waals surface area contributed by atoms with Crippen LogP contribution >= 0.6 is 11.3 Å². The lowest BCUT2D eigenvalue weighted by Gasteiger charge is -2.26. The minimum absolute atomic E-state index is 0.165.